The highest BCUT2D eigenvalue weighted by Crippen LogP contribution is 2.26. The molecule has 0 amide bonds. The number of thiazole rings is 1. The Hall–Kier alpha value is -3.14. The molecule has 0 saturated heterocycles. The molecule has 4 rings (SSSR count). The molecule has 170 valence electrons. The Morgan fingerprint density at radius 2 is 2.00 bits per heavy atom. The van der Waals surface area contributed by atoms with E-state index in [-0.39, 0.29) is 11.6 Å². The Morgan fingerprint density at radius 3 is 2.70 bits per heavy atom. The van der Waals surface area contributed by atoms with Crippen LogP contribution in [0.2, 0.25) is 5.02 Å². The van der Waals surface area contributed by atoms with Crippen LogP contribution in [0.1, 0.15) is 36.1 Å². The van der Waals surface area contributed by atoms with Crippen molar-refractivity contribution in [2.24, 2.45) is 0 Å². The summed E-state index contributed by atoms with van der Waals surface area (Å²) in [6.45, 7) is 7.17. The summed E-state index contributed by atoms with van der Waals surface area (Å²) in [5, 5.41) is 13.0. The van der Waals surface area contributed by atoms with Crippen molar-refractivity contribution in [3.63, 3.8) is 0 Å². The third kappa shape index (κ3) is 4.95. The SMILES string of the molecule is Cc1nc(COc2cc(C)n(-c3cncc(-c4ccnc(C(C)(C)O)n4)c3)c(=O)c2Cl)cs1. The van der Waals surface area contributed by atoms with Crippen molar-refractivity contribution in [2.75, 3.05) is 0 Å². The number of pyridine rings is 2. The fourth-order valence-electron chi connectivity index (χ4n) is 3.24. The van der Waals surface area contributed by atoms with Crippen LogP contribution < -0.4 is 10.3 Å². The molecule has 8 nitrogen and oxygen atoms in total. The molecule has 0 radical (unpaired) electrons. The third-order valence-corrected chi connectivity index (χ3v) is 5.99. The van der Waals surface area contributed by atoms with Crippen LogP contribution in [0.5, 0.6) is 5.75 Å². The smallest absolute Gasteiger partial charge is 0.277 e. The van der Waals surface area contributed by atoms with Crippen LogP contribution in [0.4, 0.5) is 0 Å². The first-order chi connectivity index (χ1) is 15.6. The van der Waals surface area contributed by atoms with Gasteiger partial charge >= 0.3 is 0 Å². The maximum atomic E-state index is 13.1. The molecule has 0 aliphatic heterocycles. The molecule has 4 aromatic rings. The van der Waals surface area contributed by atoms with Gasteiger partial charge in [-0.3, -0.25) is 14.3 Å². The molecule has 0 unspecified atom stereocenters. The predicted octanol–water partition coefficient (Wildman–Crippen LogP) is 4.22. The zero-order valence-electron chi connectivity index (χ0n) is 18.5. The van der Waals surface area contributed by atoms with Crippen LogP contribution in [0.15, 0.2) is 47.0 Å². The van der Waals surface area contributed by atoms with E-state index >= 15 is 0 Å². The summed E-state index contributed by atoms with van der Waals surface area (Å²) >= 11 is 7.91. The van der Waals surface area contributed by atoms with E-state index in [1.807, 2.05) is 12.3 Å². The predicted molar refractivity (Wildman–Crippen MR) is 127 cm³/mol. The molecule has 4 heterocycles. The van der Waals surface area contributed by atoms with Crippen molar-refractivity contribution in [2.45, 2.75) is 39.9 Å². The maximum absolute atomic E-state index is 13.1. The topological polar surface area (TPSA) is 103 Å². The Bertz CT molecular complexity index is 1380. The van der Waals surface area contributed by atoms with E-state index in [1.54, 1.807) is 57.6 Å². The van der Waals surface area contributed by atoms with Crippen LogP contribution in [-0.2, 0) is 12.2 Å². The lowest BCUT2D eigenvalue weighted by Crippen LogP contribution is -2.22. The number of ether oxygens (including phenoxy) is 1. The van der Waals surface area contributed by atoms with Gasteiger partial charge in [0.2, 0.25) is 0 Å². The van der Waals surface area contributed by atoms with Crippen molar-refractivity contribution in [3.05, 3.63) is 79.8 Å². The highest BCUT2D eigenvalue weighted by atomic mass is 35.5. The number of aliphatic hydroxyl groups is 1. The molecule has 0 aromatic carbocycles. The molecule has 0 fully saturated rings. The zero-order valence-corrected chi connectivity index (χ0v) is 20.1. The van der Waals surface area contributed by atoms with Gasteiger partial charge in [-0.2, -0.15) is 0 Å². The van der Waals surface area contributed by atoms with Crippen LogP contribution in [0, 0.1) is 13.8 Å². The lowest BCUT2D eigenvalue weighted by atomic mass is 10.1. The van der Waals surface area contributed by atoms with E-state index in [0.29, 0.717) is 34.2 Å². The molecule has 0 spiro atoms. The fraction of sp³-hybridized carbons (Fsp3) is 0.261. The Labute approximate surface area is 199 Å². The van der Waals surface area contributed by atoms with E-state index in [4.69, 9.17) is 16.3 Å². The lowest BCUT2D eigenvalue weighted by Gasteiger charge is -2.16. The number of halogens is 1. The average Bonchev–Trinajstić information content (AvgIpc) is 3.20. The lowest BCUT2D eigenvalue weighted by molar-refractivity contribution is 0.0688. The number of rotatable bonds is 6. The Balaban J connectivity index is 1.69. The first-order valence-electron chi connectivity index (χ1n) is 10.1. The minimum Gasteiger partial charge on any atom is -0.485 e. The average molecular weight is 484 g/mol. The Kier molecular flexibility index (Phi) is 6.29. The van der Waals surface area contributed by atoms with Crippen molar-refractivity contribution < 1.29 is 9.84 Å². The Morgan fingerprint density at radius 1 is 1.21 bits per heavy atom. The van der Waals surface area contributed by atoms with Crippen molar-refractivity contribution in [1.82, 2.24) is 24.5 Å². The van der Waals surface area contributed by atoms with Crippen LogP contribution in [-0.4, -0.2) is 29.6 Å². The highest BCUT2D eigenvalue weighted by molar-refractivity contribution is 7.09. The molecule has 10 heteroatoms. The standard InChI is InChI=1S/C23H22ClN5O3S/c1-13-7-19(32-11-16-12-33-14(2)27-16)20(24)21(30)29(13)17-8-15(9-25-10-17)18-5-6-26-22(28-18)23(3,4)31/h5-10,12,31H,11H2,1-4H3. The number of hydrogen-bond acceptors (Lipinski definition) is 8. The van der Waals surface area contributed by atoms with E-state index in [0.717, 1.165) is 10.7 Å². The van der Waals surface area contributed by atoms with E-state index in [1.165, 1.54) is 15.9 Å². The number of aromatic nitrogens is 5. The normalized spacial score (nSPS) is 11.6. The molecule has 4 aromatic heterocycles. The maximum Gasteiger partial charge on any atom is 0.277 e. The van der Waals surface area contributed by atoms with Gasteiger partial charge in [0.1, 0.15) is 23.0 Å². The molecule has 0 bridgehead atoms. The van der Waals surface area contributed by atoms with Gasteiger partial charge in [0.05, 0.1) is 28.3 Å². The van der Waals surface area contributed by atoms with Crippen LogP contribution in [0.25, 0.3) is 16.9 Å². The minimum absolute atomic E-state index is 0.0238. The monoisotopic (exact) mass is 483 g/mol. The summed E-state index contributed by atoms with van der Waals surface area (Å²) in [6, 6.07) is 5.22. The second kappa shape index (κ2) is 9.01. The largest absolute Gasteiger partial charge is 0.485 e. The van der Waals surface area contributed by atoms with Gasteiger partial charge in [0.25, 0.3) is 5.56 Å². The summed E-state index contributed by atoms with van der Waals surface area (Å²) in [7, 11) is 0. The van der Waals surface area contributed by atoms with Gasteiger partial charge in [-0.25, -0.2) is 15.0 Å². The molecular weight excluding hydrogens is 462 g/mol. The molecule has 33 heavy (non-hydrogen) atoms. The molecule has 0 atom stereocenters. The summed E-state index contributed by atoms with van der Waals surface area (Å²) in [4.78, 5) is 30.3. The third-order valence-electron chi connectivity index (χ3n) is 4.82. The first kappa shape index (κ1) is 23.0. The summed E-state index contributed by atoms with van der Waals surface area (Å²) in [5.41, 5.74) is 1.58. The van der Waals surface area contributed by atoms with Gasteiger partial charge in [0.15, 0.2) is 5.82 Å². The first-order valence-corrected chi connectivity index (χ1v) is 11.4. The quantitative estimate of drug-likeness (QED) is 0.438. The summed E-state index contributed by atoms with van der Waals surface area (Å²) in [6.07, 6.45) is 4.78. The molecule has 0 aliphatic rings. The second-order valence-electron chi connectivity index (χ2n) is 8.01. The number of hydrogen-bond donors (Lipinski definition) is 1. The van der Waals surface area contributed by atoms with Gasteiger partial charge < -0.3 is 9.84 Å². The van der Waals surface area contributed by atoms with Gasteiger partial charge in [-0.15, -0.1) is 11.3 Å². The number of aryl methyl sites for hydroxylation is 2. The van der Waals surface area contributed by atoms with Gasteiger partial charge in [0, 0.05) is 35.1 Å². The van der Waals surface area contributed by atoms with Crippen LogP contribution in [0.3, 0.4) is 0 Å². The zero-order chi connectivity index (χ0) is 23.8. The van der Waals surface area contributed by atoms with Gasteiger partial charge in [-0.1, -0.05) is 11.6 Å². The minimum atomic E-state index is -1.19. The number of nitrogens with zero attached hydrogens (tertiary/aromatic N) is 5. The molecule has 1 N–H and O–H groups in total. The molecular formula is C23H22ClN5O3S. The van der Waals surface area contributed by atoms with E-state index in [2.05, 4.69) is 19.9 Å². The fourth-order valence-corrected chi connectivity index (χ4v) is 4.03. The highest BCUT2D eigenvalue weighted by Gasteiger charge is 2.20. The van der Waals surface area contributed by atoms with E-state index in [9.17, 15) is 9.90 Å². The molecule has 0 saturated carbocycles. The van der Waals surface area contributed by atoms with Crippen LogP contribution >= 0.6 is 22.9 Å². The van der Waals surface area contributed by atoms with Crippen molar-refractivity contribution >= 4 is 22.9 Å². The van der Waals surface area contributed by atoms with Crippen molar-refractivity contribution in [3.8, 4) is 22.7 Å². The second-order valence-corrected chi connectivity index (χ2v) is 9.45. The summed E-state index contributed by atoms with van der Waals surface area (Å²) in [5.74, 6) is 0.592. The summed E-state index contributed by atoms with van der Waals surface area (Å²) < 4.78 is 7.24. The van der Waals surface area contributed by atoms with Gasteiger partial charge in [-0.05, 0) is 39.8 Å². The molecule has 0 aliphatic carbocycles. The van der Waals surface area contributed by atoms with Crippen molar-refractivity contribution in [1.29, 1.82) is 0 Å². The van der Waals surface area contributed by atoms with E-state index < -0.39 is 11.2 Å².